The van der Waals surface area contributed by atoms with Crippen molar-refractivity contribution >= 4 is 27.7 Å². The number of nitrogens with two attached hydrogens (primary N) is 1. The summed E-state index contributed by atoms with van der Waals surface area (Å²) in [5, 5.41) is 0.982. The Kier molecular flexibility index (Phi) is 3.98. The van der Waals surface area contributed by atoms with Gasteiger partial charge in [0.15, 0.2) is 0 Å². The Labute approximate surface area is 107 Å². The molecule has 1 heterocycles. The Morgan fingerprint density at radius 1 is 1.19 bits per heavy atom. The number of benzene rings is 1. The minimum Gasteiger partial charge on any atom is -0.326 e. The molecule has 0 aliphatic carbocycles. The number of hydrogen-bond donors (Lipinski definition) is 1. The lowest BCUT2D eigenvalue weighted by Crippen LogP contribution is -1.99. The molecular formula is C12H11BrN2S. The first-order valence-electron chi connectivity index (χ1n) is 4.87. The molecule has 0 aliphatic heterocycles. The summed E-state index contributed by atoms with van der Waals surface area (Å²) in [6.45, 7) is 0.524. The van der Waals surface area contributed by atoms with E-state index in [0.29, 0.717) is 6.54 Å². The lowest BCUT2D eigenvalue weighted by molar-refractivity contribution is 1.01. The molecular weight excluding hydrogens is 284 g/mol. The van der Waals surface area contributed by atoms with Crippen LogP contribution in [0.1, 0.15) is 5.56 Å². The SMILES string of the molecule is NCc1c(Br)cccc1Sc1ccccn1. The van der Waals surface area contributed by atoms with E-state index in [0.717, 1.165) is 20.0 Å². The fourth-order valence-electron chi connectivity index (χ4n) is 1.35. The second-order valence-corrected chi connectivity index (χ2v) is 5.11. The summed E-state index contributed by atoms with van der Waals surface area (Å²) in [6, 6.07) is 12.0. The van der Waals surface area contributed by atoms with Crippen LogP contribution < -0.4 is 5.73 Å². The van der Waals surface area contributed by atoms with Crippen LogP contribution in [0.3, 0.4) is 0 Å². The van der Waals surface area contributed by atoms with Crippen LogP contribution in [0.4, 0.5) is 0 Å². The Morgan fingerprint density at radius 3 is 2.75 bits per heavy atom. The Balaban J connectivity index is 2.31. The number of nitrogens with zero attached hydrogens (tertiary/aromatic N) is 1. The predicted molar refractivity (Wildman–Crippen MR) is 70.4 cm³/mol. The zero-order valence-electron chi connectivity index (χ0n) is 8.56. The van der Waals surface area contributed by atoms with E-state index in [9.17, 15) is 0 Å². The minimum atomic E-state index is 0.524. The molecule has 2 rings (SSSR count). The topological polar surface area (TPSA) is 38.9 Å². The zero-order chi connectivity index (χ0) is 11.4. The highest BCUT2D eigenvalue weighted by molar-refractivity contribution is 9.10. The van der Waals surface area contributed by atoms with Gasteiger partial charge in [-0.1, -0.05) is 39.8 Å². The predicted octanol–water partition coefficient (Wildman–Crippen LogP) is 3.45. The van der Waals surface area contributed by atoms with Crippen LogP contribution in [0.2, 0.25) is 0 Å². The molecule has 0 bridgehead atoms. The van der Waals surface area contributed by atoms with Crippen LogP contribution in [0.25, 0.3) is 0 Å². The molecule has 0 amide bonds. The standard InChI is InChI=1S/C12H11BrN2S/c13-10-4-3-5-11(9(10)8-14)16-12-6-1-2-7-15-12/h1-7H,8,14H2. The van der Waals surface area contributed by atoms with Crippen LogP contribution >= 0.6 is 27.7 Å². The smallest absolute Gasteiger partial charge is 0.101 e. The maximum atomic E-state index is 5.74. The molecule has 0 saturated carbocycles. The number of pyridine rings is 1. The van der Waals surface area contributed by atoms with Gasteiger partial charge in [0.2, 0.25) is 0 Å². The highest BCUT2D eigenvalue weighted by Gasteiger charge is 2.06. The molecule has 1 aromatic heterocycles. The van der Waals surface area contributed by atoms with Gasteiger partial charge in [0.25, 0.3) is 0 Å². The summed E-state index contributed by atoms with van der Waals surface area (Å²) < 4.78 is 1.05. The molecule has 82 valence electrons. The van der Waals surface area contributed by atoms with Gasteiger partial charge in [-0.2, -0.15) is 0 Å². The summed E-state index contributed by atoms with van der Waals surface area (Å²) >= 11 is 5.14. The van der Waals surface area contributed by atoms with Crippen molar-refractivity contribution in [3.8, 4) is 0 Å². The van der Waals surface area contributed by atoms with Gasteiger partial charge in [0, 0.05) is 22.1 Å². The maximum absolute atomic E-state index is 5.74. The van der Waals surface area contributed by atoms with Crippen LogP contribution in [-0.4, -0.2) is 4.98 Å². The second kappa shape index (κ2) is 5.48. The van der Waals surface area contributed by atoms with Gasteiger partial charge in [0.1, 0.15) is 5.03 Å². The van der Waals surface area contributed by atoms with Crippen molar-refractivity contribution in [1.82, 2.24) is 4.98 Å². The highest BCUT2D eigenvalue weighted by atomic mass is 79.9. The van der Waals surface area contributed by atoms with Crippen LogP contribution in [0.15, 0.2) is 57.0 Å². The molecule has 4 heteroatoms. The molecule has 0 aliphatic rings. The van der Waals surface area contributed by atoms with Crippen molar-refractivity contribution in [2.24, 2.45) is 5.73 Å². The van der Waals surface area contributed by atoms with Gasteiger partial charge in [-0.3, -0.25) is 0 Å². The number of hydrogen-bond acceptors (Lipinski definition) is 3. The summed E-state index contributed by atoms with van der Waals surface area (Å²) in [5.41, 5.74) is 6.86. The van der Waals surface area contributed by atoms with Crippen LogP contribution in [0, 0.1) is 0 Å². The van der Waals surface area contributed by atoms with Gasteiger partial charge in [-0.15, -0.1) is 0 Å². The molecule has 1 aromatic carbocycles. The van der Waals surface area contributed by atoms with Gasteiger partial charge < -0.3 is 5.73 Å². The second-order valence-electron chi connectivity index (χ2n) is 3.19. The van der Waals surface area contributed by atoms with Crippen molar-refractivity contribution in [3.63, 3.8) is 0 Å². The van der Waals surface area contributed by atoms with E-state index in [1.165, 1.54) is 0 Å². The Bertz CT molecular complexity index is 474. The van der Waals surface area contributed by atoms with E-state index in [-0.39, 0.29) is 0 Å². The highest BCUT2D eigenvalue weighted by Crippen LogP contribution is 2.32. The quantitative estimate of drug-likeness (QED) is 0.942. The zero-order valence-corrected chi connectivity index (χ0v) is 11.0. The Hall–Kier alpha value is -0.840. The molecule has 0 spiro atoms. The first kappa shape index (κ1) is 11.6. The first-order valence-corrected chi connectivity index (χ1v) is 6.48. The molecule has 0 saturated heterocycles. The van der Waals surface area contributed by atoms with Crippen molar-refractivity contribution in [2.45, 2.75) is 16.5 Å². The van der Waals surface area contributed by atoms with Crippen LogP contribution in [-0.2, 0) is 6.54 Å². The van der Waals surface area contributed by atoms with Crippen molar-refractivity contribution in [3.05, 3.63) is 52.6 Å². The fourth-order valence-corrected chi connectivity index (χ4v) is 2.96. The maximum Gasteiger partial charge on any atom is 0.101 e. The largest absolute Gasteiger partial charge is 0.326 e. The third-order valence-corrected chi connectivity index (χ3v) is 3.93. The van der Waals surface area contributed by atoms with E-state index >= 15 is 0 Å². The van der Waals surface area contributed by atoms with E-state index in [1.807, 2.05) is 30.3 Å². The number of aromatic nitrogens is 1. The van der Waals surface area contributed by atoms with Crippen molar-refractivity contribution < 1.29 is 0 Å². The van der Waals surface area contributed by atoms with Gasteiger partial charge in [0.05, 0.1) is 0 Å². The summed E-state index contributed by atoms with van der Waals surface area (Å²) in [7, 11) is 0. The monoisotopic (exact) mass is 294 g/mol. The molecule has 2 nitrogen and oxygen atoms in total. The van der Waals surface area contributed by atoms with E-state index in [1.54, 1.807) is 18.0 Å². The minimum absolute atomic E-state index is 0.524. The van der Waals surface area contributed by atoms with Gasteiger partial charge in [-0.05, 0) is 29.8 Å². The molecule has 0 unspecified atom stereocenters. The molecule has 0 atom stereocenters. The molecule has 2 N–H and O–H groups in total. The lowest BCUT2D eigenvalue weighted by Gasteiger charge is -2.08. The molecule has 16 heavy (non-hydrogen) atoms. The molecule has 0 fully saturated rings. The average molecular weight is 295 g/mol. The number of halogens is 1. The van der Waals surface area contributed by atoms with Crippen molar-refractivity contribution in [2.75, 3.05) is 0 Å². The van der Waals surface area contributed by atoms with Gasteiger partial charge >= 0.3 is 0 Å². The summed E-state index contributed by atoms with van der Waals surface area (Å²) in [4.78, 5) is 5.43. The van der Waals surface area contributed by atoms with Crippen molar-refractivity contribution in [1.29, 1.82) is 0 Å². The fraction of sp³-hybridized carbons (Fsp3) is 0.0833. The summed E-state index contributed by atoms with van der Waals surface area (Å²) in [6.07, 6.45) is 1.79. The lowest BCUT2D eigenvalue weighted by atomic mass is 10.2. The number of rotatable bonds is 3. The van der Waals surface area contributed by atoms with E-state index < -0.39 is 0 Å². The first-order chi connectivity index (χ1) is 7.81. The molecule has 0 radical (unpaired) electrons. The third-order valence-electron chi connectivity index (χ3n) is 2.13. The Morgan fingerprint density at radius 2 is 2.06 bits per heavy atom. The van der Waals surface area contributed by atoms with Gasteiger partial charge in [-0.25, -0.2) is 4.98 Å². The van der Waals surface area contributed by atoms with Crippen LogP contribution in [0.5, 0.6) is 0 Å². The summed E-state index contributed by atoms with van der Waals surface area (Å²) in [5.74, 6) is 0. The normalized spacial score (nSPS) is 10.4. The van der Waals surface area contributed by atoms with E-state index in [4.69, 9.17) is 5.73 Å². The molecule has 2 aromatic rings. The average Bonchev–Trinajstić information content (AvgIpc) is 2.31. The third kappa shape index (κ3) is 2.64. The van der Waals surface area contributed by atoms with E-state index in [2.05, 4.69) is 27.0 Å².